The number of benzene rings is 1. The number of nitrogens with one attached hydrogen (secondary N) is 1. The number of halogens is 1. The number of hydrogen-bond donors (Lipinski definition) is 1. The fourth-order valence-electron chi connectivity index (χ4n) is 2.79. The van der Waals surface area contributed by atoms with Crippen LogP contribution in [0.15, 0.2) is 18.2 Å². The fourth-order valence-corrected chi connectivity index (χ4v) is 2.96. The van der Waals surface area contributed by atoms with Gasteiger partial charge in [0, 0.05) is 31.8 Å². The van der Waals surface area contributed by atoms with Gasteiger partial charge in [-0.3, -0.25) is 19.8 Å². The molecule has 0 radical (unpaired) electrons. The van der Waals surface area contributed by atoms with E-state index in [2.05, 4.69) is 10.2 Å². The lowest BCUT2D eigenvalue weighted by molar-refractivity contribution is -0.384. The van der Waals surface area contributed by atoms with Crippen molar-refractivity contribution in [2.45, 2.75) is 38.8 Å². The van der Waals surface area contributed by atoms with Crippen LogP contribution in [0.3, 0.4) is 0 Å². The molecule has 1 N–H and O–H groups in total. The second-order valence-electron chi connectivity index (χ2n) is 5.78. The predicted molar refractivity (Wildman–Crippen MR) is 92.4 cm³/mol. The zero-order chi connectivity index (χ0) is 17.7. The maximum Gasteiger partial charge on any atom is 0.271 e. The number of carbonyl (C=O) groups excluding carboxylic acids is 1. The smallest absolute Gasteiger partial charge is 0.271 e. The number of anilines is 1. The molecule has 1 fully saturated rings. The van der Waals surface area contributed by atoms with Crippen LogP contribution in [0.1, 0.15) is 26.7 Å². The Balaban J connectivity index is 1.97. The second-order valence-corrected chi connectivity index (χ2v) is 6.18. The Morgan fingerprint density at radius 2 is 2.17 bits per heavy atom. The van der Waals surface area contributed by atoms with Gasteiger partial charge in [0.05, 0.1) is 27.8 Å². The molecule has 0 aromatic heterocycles. The van der Waals surface area contributed by atoms with Crippen LogP contribution in [-0.2, 0) is 9.53 Å². The van der Waals surface area contributed by atoms with Crippen molar-refractivity contribution < 1.29 is 14.5 Å². The molecule has 24 heavy (non-hydrogen) atoms. The molecule has 8 heteroatoms. The van der Waals surface area contributed by atoms with Crippen LogP contribution in [0.4, 0.5) is 11.4 Å². The summed E-state index contributed by atoms with van der Waals surface area (Å²) in [5, 5.41) is 13.8. The molecule has 0 aliphatic carbocycles. The Morgan fingerprint density at radius 1 is 1.50 bits per heavy atom. The molecule has 1 saturated heterocycles. The maximum atomic E-state index is 12.4. The lowest BCUT2D eigenvalue weighted by Gasteiger charge is -2.35. The number of nitro benzene ring substituents is 1. The van der Waals surface area contributed by atoms with Gasteiger partial charge >= 0.3 is 0 Å². The van der Waals surface area contributed by atoms with E-state index in [9.17, 15) is 14.9 Å². The van der Waals surface area contributed by atoms with E-state index in [0.29, 0.717) is 6.61 Å². The van der Waals surface area contributed by atoms with Gasteiger partial charge in [0.25, 0.3) is 5.69 Å². The van der Waals surface area contributed by atoms with Crippen LogP contribution in [0.2, 0.25) is 5.02 Å². The van der Waals surface area contributed by atoms with Crippen molar-refractivity contribution in [2.75, 3.05) is 25.0 Å². The largest absolute Gasteiger partial charge is 0.378 e. The number of rotatable bonds is 6. The van der Waals surface area contributed by atoms with Crippen molar-refractivity contribution >= 4 is 28.9 Å². The van der Waals surface area contributed by atoms with Crippen molar-refractivity contribution in [2.24, 2.45) is 0 Å². The summed E-state index contributed by atoms with van der Waals surface area (Å²) >= 11 is 6.02. The molecular weight excluding hydrogens is 334 g/mol. The van der Waals surface area contributed by atoms with Crippen molar-refractivity contribution in [3.8, 4) is 0 Å². The number of nitrogens with zero attached hydrogens (tertiary/aromatic N) is 2. The topological polar surface area (TPSA) is 84.7 Å². The van der Waals surface area contributed by atoms with Crippen LogP contribution in [0.5, 0.6) is 0 Å². The SMILES string of the molecule is CCOC1CCN(C(C)C(=O)Nc2cc([N+](=O)[O-])ccc2Cl)CC1. The molecule has 1 heterocycles. The molecule has 2 rings (SSSR count). The standard InChI is InChI=1S/C16H22ClN3O4/c1-3-24-13-6-8-19(9-7-13)11(2)16(21)18-15-10-12(20(22)23)4-5-14(15)17/h4-5,10-11,13H,3,6-9H2,1-2H3,(H,18,21). The van der Waals surface area contributed by atoms with E-state index in [4.69, 9.17) is 16.3 Å². The lowest BCUT2D eigenvalue weighted by Crippen LogP contribution is -2.47. The van der Waals surface area contributed by atoms with Gasteiger partial charge in [-0.1, -0.05) is 11.6 Å². The Kier molecular flexibility index (Phi) is 6.53. The van der Waals surface area contributed by atoms with E-state index in [1.807, 2.05) is 13.8 Å². The minimum absolute atomic E-state index is 0.111. The molecule has 1 aromatic carbocycles. The van der Waals surface area contributed by atoms with E-state index in [0.717, 1.165) is 25.9 Å². The van der Waals surface area contributed by atoms with E-state index < -0.39 is 4.92 Å². The third-order valence-electron chi connectivity index (χ3n) is 4.22. The van der Waals surface area contributed by atoms with Gasteiger partial charge in [0.2, 0.25) is 5.91 Å². The number of amides is 1. The van der Waals surface area contributed by atoms with Crippen molar-refractivity contribution in [1.82, 2.24) is 4.90 Å². The second kappa shape index (κ2) is 8.41. The number of piperidine rings is 1. The molecule has 1 aromatic rings. The van der Waals surface area contributed by atoms with Crippen LogP contribution >= 0.6 is 11.6 Å². The highest BCUT2D eigenvalue weighted by atomic mass is 35.5. The Morgan fingerprint density at radius 3 is 2.75 bits per heavy atom. The summed E-state index contributed by atoms with van der Waals surface area (Å²) in [6.07, 6.45) is 2.04. The minimum Gasteiger partial charge on any atom is -0.378 e. The summed E-state index contributed by atoms with van der Waals surface area (Å²) in [4.78, 5) is 24.8. The summed E-state index contributed by atoms with van der Waals surface area (Å²) in [7, 11) is 0. The van der Waals surface area contributed by atoms with E-state index in [1.165, 1.54) is 18.2 Å². The zero-order valence-electron chi connectivity index (χ0n) is 13.8. The highest BCUT2D eigenvalue weighted by Crippen LogP contribution is 2.27. The van der Waals surface area contributed by atoms with Gasteiger partial charge < -0.3 is 10.1 Å². The van der Waals surface area contributed by atoms with Gasteiger partial charge in [-0.05, 0) is 32.8 Å². The molecule has 0 bridgehead atoms. The molecule has 0 saturated carbocycles. The maximum absolute atomic E-state index is 12.4. The van der Waals surface area contributed by atoms with Gasteiger partial charge in [0.15, 0.2) is 0 Å². The first-order valence-electron chi connectivity index (χ1n) is 8.02. The van der Waals surface area contributed by atoms with Gasteiger partial charge in [-0.2, -0.15) is 0 Å². The van der Waals surface area contributed by atoms with E-state index in [1.54, 1.807) is 0 Å². The van der Waals surface area contributed by atoms with Gasteiger partial charge in [0.1, 0.15) is 0 Å². The first-order valence-corrected chi connectivity index (χ1v) is 8.40. The molecule has 0 spiro atoms. The van der Waals surface area contributed by atoms with Gasteiger partial charge in [-0.25, -0.2) is 0 Å². The third kappa shape index (κ3) is 4.66. The number of carbonyl (C=O) groups is 1. The number of non-ortho nitro benzene ring substituents is 1. The highest BCUT2D eigenvalue weighted by Gasteiger charge is 2.27. The fraction of sp³-hybridized carbons (Fsp3) is 0.562. The Bertz CT molecular complexity index is 603. The average molecular weight is 356 g/mol. The first-order chi connectivity index (χ1) is 11.4. The number of likely N-dealkylation sites (tertiary alicyclic amines) is 1. The summed E-state index contributed by atoms with van der Waals surface area (Å²) in [5.74, 6) is -0.229. The number of hydrogen-bond acceptors (Lipinski definition) is 5. The lowest BCUT2D eigenvalue weighted by atomic mass is 10.1. The summed E-state index contributed by atoms with van der Waals surface area (Å²) in [5.41, 5.74) is 0.145. The normalized spacial score (nSPS) is 17.5. The van der Waals surface area contributed by atoms with Crippen LogP contribution in [-0.4, -0.2) is 47.6 Å². The Hall–Kier alpha value is -1.70. The first kappa shape index (κ1) is 18.6. The third-order valence-corrected chi connectivity index (χ3v) is 4.55. The molecule has 1 aliphatic rings. The number of ether oxygens (including phenoxy) is 1. The molecular formula is C16H22ClN3O4. The molecule has 1 unspecified atom stereocenters. The Labute approximate surface area is 146 Å². The van der Waals surface area contributed by atoms with Crippen LogP contribution in [0, 0.1) is 10.1 Å². The molecule has 1 atom stereocenters. The summed E-state index contributed by atoms with van der Waals surface area (Å²) < 4.78 is 5.61. The van der Waals surface area contributed by atoms with Crippen molar-refractivity contribution in [1.29, 1.82) is 0 Å². The summed E-state index contributed by atoms with van der Waals surface area (Å²) in [6, 6.07) is 3.64. The van der Waals surface area contributed by atoms with Crippen molar-refractivity contribution in [3.05, 3.63) is 33.3 Å². The summed E-state index contributed by atoms with van der Waals surface area (Å²) in [6.45, 7) is 6.06. The molecule has 1 amide bonds. The van der Waals surface area contributed by atoms with E-state index in [-0.39, 0.29) is 34.5 Å². The molecule has 132 valence electrons. The minimum atomic E-state index is -0.520. The number of nitro groups is 1. The van der Waals surface area contributed by atoms with Crippen LogP contribution in [0.25, 0.3) is 0 Å². The van der Waals surface area contributed by atoms with Crippen LogP contribution < -0.4 is 5.32 Å². The predicted octanol–water partition coefficient (Wildman–Crippen LogP) is 3.08. The highest BCUT2D eigenvalue weighted by molar-refractivity contribution is 6.33. The monoisotopic (exact) mass is 355 g/mol. The zero-order valence-corrected chi connectivity index (χ0v) is 14.6. The van der Waals surface area contributed by atoms with Crippen molar-refractivity contribution in [3.63, 3.8) is 0 Å². The van der Waals surface area contributed by atoms with Gasteiger partial charge in [-0.15, -0.1) is 0 Å². The molecule has 1 aliphatic heterocycles. The average Bonchev–Trinajstić information content (AvgIpc) is 2.57. The quantitative estimate of drug-likeness (QED) is 0.626. The molecule has 7 nitrogen and oxygen atoms in total. The van der Waals surface area contributed by atoms with E-state index >= 15 is 0 Å².